The second-order valence-corrected chi connectivity index (χ2v) is 4.70. The molecule has 18 heavy (non-hydrogen) atoms. The fraction of sp³-hybridized carbons (Fsp3) is 0.692. The molecule has 0 amide bonds. The van der Waals surface area contributed by atoms with Gasteiger partial charge in [-0.05, 0) is 18.9 Å². The maximum atomic E-state index is 11.6. The lowest BCUT2D eigenvalue weighted by atomic mass is 10.1. The maximum Gasteiger partial charge on any atom is 0.251 e. The molecule has 0 aliphatic rings. The van der Waals surface area contributed by atoms with Crippen molar-refractivity contribution in [1.82, 2.24) is 15.3 Å². The van der Waals surface area contributed by atoms with E-state index in [9.17, 15) is 4.79 Å². The van der Waals surface area contributed by atoms with Crippen LogP contribution in [0.3, 0.4) is 0 Å². The van der Waals surface area contributed by atoms with E-state index in [-0.39, 0.29) is 17.6 Å². The molecule has 0 spiro atoms. The highest BCUT2D eigenvalue weighted by molar-refractivity contribution is 5.05. The minimum Gasteiger partial charge on any atom is -0.373 e. The van der Waals surface area contributed by atoms with Gasteiger partial charge in [0.2, 0.25) is 0 Å². The Kier molecular flexibility index (Phi) is 6.01. The Hall–Kier alpha value is -1.20. The van der Waals surface area contributed by atoms with Crippen LogP contribution in [-0.4, -0.2) is 23.6 Å². The Balaban J connectivity index is 2.89. The van der Waals surface area contributed by atoms with E-state index in [0.717, 1.165) is 18.7 Å². The van der Waals surface area contributed by atoms with Crippen molar-refractivity contribution in [1.29, 1.82) is 0 Å². The highest BCUT2D eigenvalue weighted by atomic mass is 16.5. The standard InChI is InChI=1S/C13H23N3O2/c1-5-6-14-8-10-7-11(17)16-13(15-10)12(18-4)9(2)3/h7,9,12,14H,5-6,8H2,1-4H3,(H,15,16,17). The van der Waals surface area contributed by atoms with Crippen molar-refractivity contribution in [3.63, 3.8) is 0 Å². The molecule has 1 rings (SSSR count). The highest BCUT2D eigenvalue weighted by Crippen LogP contribution is 2.20. The van der Waals surface area contributed by atoms with Crippen molar-refractivity contribution in [3.8, 4) is 0 Å². The number of ether oxygens (including phenoxy) is 1. The molecule has 0 aromatic carbocycles. The molecule has 1 heterocycles. The van der Waals surface area contributed by atoms with Gasteiger partial charge >= 0.3 is 0 Å². The van der Waals surface area contributed by atoms with Gasteiger partial charge < -0.3 is 15.0 Å². The summed E-state index contributed by atoms with van der Waals surface area (Å²) in [5, 5.41) is 3.24. The van der Waals surface area contributed by atoms with Gasteiger partial charge in [-0.25, -0.2) is 4.98 Å². The van der Waals surface area contributed by atoms with E-state index in [1.807, 2.05) is 13.8 Å². The van der Waals surface area contributed by atoms with Crippen LogP contribution < -0.4 is 10.9 Å². The van der Waals surface area contributed by atoms with Crippen molar-refractivity contribution in [2.24, 2.45) is 5.92 Å². The number of H-pyrrole nitrogens is 1. The van der Waals surface area contributed by atoms with E-state index >= 15 is 0 Å². The van der Waals surface area contributed by atoms with E-state index in [4.69, 9.17) is 4.74 Å². The number of rotatable bonds is 7. The fourth-order valence-corrected chi connectivity index (χ4v) is 1.85. The maximum absolute atomic E-state index is 11.6. The van der Waals surface area contributed by atoms with Gasteiger partial charge in [-0.2, -0.15) is 0 Å². The molecule has 0 aliphatic carbocycles. The lowest BCUT2D eigenvalue weighted by Gasteiger charge is -2.18. The first-order valence-electron chi connectivity index (χ1n) is 6.42. The molecular weight excluding hydrogens is 230 g/mol. The van der Waals surface area contributed by atoms with Gasteiger partial charge in [0, 0.05) is 19.7 Å². The van der Waals surface area contributed by atoms with E-state index in [1.54, 1.807) is 7.11 Å². The second-order valence-electron chi connectivity index (χ2n) is 4.70. The zero-order valence-corrected chi connectivity index (χ0v) is 11.6. The summed E-state index contributed by atoms with van der Waals surface area (Å²) in [5.41, 5.74) is 0.626. The molecule has 5 nitrogen and oxygen atoms in total. The molecule has 0 bridgehead atoms. The molecular formula is C13H23N3O2. The summed E-state index contributed by atoms with van der Waals surface area (Å²) < 4.78 is 5.38. The predicted molar refractivity (Wildman–Crippen MR) is 71.4 cm³/mol. The molecule has 1 aromatic heterocycles. The largest absolute Gasteiger partial charge is 0.373 e. The molecule has 0 aliphatic heterocycles. The monoisotopic (exact) mass is 253 g/mol. The van der Waals surface area contributed by atoms with Crippen LogP contribution in [0.5, 0.6) is 0 Å². The Bertz CT molecular complexity index is 415. The molecule has 0 fully saturated rings. The summed E-state index contributed by atoms with van der Waals surface area (Å²) >= 11 is 0. The first-order valence-corrected chi connectivity index (χ1v) is 6.42. The quantitative estimate of drug-likeness (QED) is 0.725. The summed E-state index contributed by atoms with van der Waals surface area (Å²) in [7, 11) is 1.63. The summed E-state index contributed by atoms with van der Waals surface area (Å²) in [4.78, 5) is 18.8. The summed E-state index contributed by atoms with van der Waals surface area (Å²) in [6, 6.07) is 1.53. The SMILES string of the molecule is CCCNCc1cc(=O)[nH]c(C(OC)C(C)C)n1. The number of nitrogens with zero attached hydrogens (tertiary/aromatic N) is 1. The van der Waals surface area contributed by atoms with E-state index in [1.165, 1.54) is 6.07 Å². The third-order valence-corrected chi connectivity index (χ3v) is 2.67. The zero-order valence-electron chi connectivity index (χ0n) is 11.6. The zero-order chi connectivity index (χ0) is 13.5. The smallest absolute Gasteiger partial charge is 0.251 e. The Morgan fingerprint density at radius 1 is 1.50 bits per heavy atom. The first kappa shape index (κ1) is 14.9. The van der Waals surface area contributed by atoms with Crippen LogP contribution >= 0.6 is 0 Å². The lowest BCUT2D eigenvalue weighted by Crippen LogP contribution is -2.22. The Labute approximate surface area is 108 Å². The molecule has 1 atom stereocenters. The van der Waals surface area contributed by atoms with Crippen LogP contribution in [0.15, 0.2) is 10.9 Å². The minimum atomic E-state index is -0.177. The van der Waals surface area contributed by atoms with E-state index in [0.29, 0.717) is 12.4 Å². The van der Waals surface area contributed by atoms with Gasteiger partial charge in [-0.1, -0.05) is 20.8 Å². The van der Waals surface area contributed by atoms with E-state index in [2.05, 4.69) is 22.2 Å². The molecule has 1 unspecified atom stereocenters. The van der Waals surface area contributed by atoms with Crippen molar-refractivity contribution in [2.45, 2.75) is 39.8 Å². The third-order valence-electron chi connectivity index (χ3n) is 2.67. The number of methoxy groups -OCH3 is 1. The molecule has 1 aromatic rings. The average Bonchev–Trinajstić information content (AvgIpc) is 2.29. The Morgan fingerprint density at radius 3 is 2.78 bits per heavy atom. The summed E-state index contributed by atoms with van der Waals surface area (Å²) in [6.07, 6.45) is 0.881. The van der Waals surface area contributed by atoms with Crippen LogP contribution in [0.2, 0.25) is 0 Å². The molecule has 0 saturated carbocycles. The lowest BCUT2D eigenvalue weighted by molar-refractivity contribution is 0.0570. The predicted octanol–water partition coefficient (Wildman–Crippen LogP) is 1.61. The molecule has 102 valence electrons. The van der Waals surface area contributed by atoms with Gasteiger partial charge in [0.25, 0.3) is 5.56 Å². The highest BCUT2D eigenvalue weighted by Gasteiger charge is 2.18. The van der Waals surface area contributed by atoms with E-state index < -0.39 is 0 Å². The number of nitrogens with one attached hydrogen (secondary N) is 2. The van der Waals surface area contributed by atoms with Crippen molar-refractivity contribution in [3.05, 3.63) is 27.9 Å². The molecule has 0 radical (unpaired) electrons. The normalized spacial score (nSPS) is 12.9. The fourth-order valence-electron chi connectivity index (χ4n) is 1.85. The van der Waals surface area contributed by atoms with Gasteiger partial charge in [0.15, 0.2) is 0 Å². The van der Waals surface area contributed by atoms with Crippen molar-refractivity contribution < 1.29 is 4.74 Å². The molecule has 2 N–H and O–H groups in total. The summed E-state index contributed by atoms with van der Waals surface area (Å²) in [6.45, 7) is 7.71. The van der Waals surface area contributed by atoms with Gasteiger partial charge in [-0.3, -0.25) is 4.79 Å². The average molecular weight is 253 g/mol. The van der Waals surface area contributed by atoms with Crippen molar-refractivity contribution >= 4 is 0 Å². The number of aromatic nitrogens is 2. The number of hydrogen-bond donors (Lipinski definition) is 2. The topological polar surface area (TPSA) is 67.0 Å². The third kappa shape index (κ3) is 4.23. The van der Waals surface area contributed by atoms with Crippen LogP contribution in [0.25, 0.3) is 0 Å². The van der Waals surface area contributed by atoms with Crippen LogP contribution in [-0.2, 0) is 11.3 Å². The summed E-state index contributed by atoms with van der Waals surface area (Å²) in [5.74, 6) is 0.866. The Morgan fingerprint density at radius 2 is 2.22 bits per heavy atom. The first-order chi connectivity index (χ1) is 8.58. The van der Waals surface area contributed by atoms with Gasteiger partial charge in [0.05, 0.1) is 5.69 Å². The molecule has 0 saturated heterocycles. The minimum absolute atomic E-state index is 0.129. The van der Waals surface area contributed by atoms with Gasteiger partial charge in [-0.15, -0.1) is 0 Å². The van der Waals surface area contributed by atoms with Crippen molar-refractivity contribution in [2.75, 3.05) is 13.7 Å². The second kappa shape index (κ2) is 7.28. The van der Waals surface area contributed by atoms with Crippen LogP contribution in [0.1, 0.15) is 44.8 Å². The van der Waals surface area contributed by atoms with Gasteiger partial charge in [0.1, 0.15) is 11.9 Å². The number of hydrogen-bond acceptors (Lipinski definition) is 4. The number of aromatic amines is 1. The van der Waals surface area contributed by atoms with Crippen LogP contribution in [0.4, 0.5) is 0 Å². The molecule has 5 heteroatoms. The van der Waals surface area contributed by atoms with Crippen LogP contribution in [0, 0.1) is 5.92 Å².